The zero-order chi connectivity index (χ0) is 27.5. The van der Waals surface area contributed by atoms with Crippen LogP contribution in [0.15, 0.2) is 52.2 Å². The Morgan fingerprint density at radius 3 is 2.59 bits per heavy atom. The van der Waals surface area contributed by atoms with Crippen molar-refractivity contribution in [3.8, 4) is 0 Å². The fourth-order valence-electron chi connectivity index (χ4n) is 4.58. The lowest BCUT2D eigenvalue weighted by Crippen LogP contribution is -2.32. The molecule has 0 spiro atoms. The number of nitrogens with zero attached hydrogens (tertiary/aromatic N) is 2. The number of alkyl halides is 3. The van der Waals surface area contributed by atoms with Gasteiger partial charge >= 0.3 is 6.18 Å². The number of para-hydroxylation sites is 1. The molecule has 37 heavy (non-hydrogen) atoms. The van der Waals surface area contributed by atoms with Crippen molar-refractivity contribution in [1.82, 2.24) is 19.8 Å². The summed E-state index contributed by atoms with van der Waals surface area (Å²) < 4.78 is 40.1. The van der Waals surface area contributed by atoms with Gasteiger partial charge in [0.15, 0.2) is 0 Å². The summed E-state index contributed by atoms with van der Waals surface area (Å²) in [5, 5.41) is 3.66. The summed E-state index contributed by atoms with van der Waals surface area (Å²) >= 11 is 1.45. The number of rotatable bonds is 10. The van der Waals surface area contributed by atoms with Crippen LogP contribution in [-0.2, 0) is 6.54 Å². The summed E-state index contributed by atoms with van der Waals surface area (Å²) in [7, 11) is 1.44. The summed E-state index contributed by atoms with van der Waals surface area (Å²) in [6.07, 6.45) is -1.99. The van der Waals surface area contributed by atoms with Crippen molar-refractivity contribution in [2.75, 3.05) is 26.4 Å². The minimum Gasteiger partial charge on any atom is -0.348 e. The number of aryl methyl sites for hydroxylation is 1. The Kier molecular flexibility index (Phi) is 8.96. The number of fused-ring (bicyclic) bond motifs is 1. The van der Waals surface area contributed by atoms with Crippen LogP contribution in [0.25, 0.3) is 10.9 Å². The first kappa shape index (κ1) is 28.6. The molecule has 6 nitrogen and oxygen atoms in total. The zero-order valence-corrected chi connectivity index (χ0v) is 22.6. The Labute approximate surface area is 218 Å². The highest BCUT2D eigenvalue weighted by Crippen LogP contribution is 2.32. The van der Waals surface area contributed by atoms with E-state index in [9.17, 15) is 22.8 Å². The third kappa shape index (κ3) is 6.67. The summed E-state index contributed by atoms with van der Waals surface area (Å²) in [5.41, 5.74) is 3.84. The quantitative estimate of drug-likeness (QED) is 0.262. The standard InChI is InChI=1S/C27H33F3N4O2S/c1-16(11-12-33(5)15-27(28,29)30)18(3)34-19(4)24(20-9-7-8-10-22(20)34)26(36)31-14-21-23(37-6)13-17(2)32-25(21)35/h7-10,13,18H,1,11-12,14-15H2,2-6H3,(H,31,36)(H,32,35)/t18-/m1/s1. The number of thioether (sulfide) groups is 1. The lowest BCUT2D eigenvalue weighted by Gasteiger charge is -2.23. The number of amides is 1. The smallest absolute Gasteiger partial charge is 0.348 e. The molecule has 3 rings (SSSR count). The van der Waals surface area contributed by atoms with Crippen LogP contribution in [0.4, 0.5) is 13.2 Å². The summed E-state index contributed by atoms with van der Waals surface area (Å²) in [6, 6.07) is 9.15. The molecule has 2 heterocycles. The first-order valence-corrected chi connectivity index (χ1v) is 13.1. The molecule has 10 heteroatoms. The van der Waals surface area contributed by atoms with Crippen LogP contribution >= 0.6 is 11.8 Å². The predicted octanol–water partition coefficient (Wildman–Crippen LogP) is 5.60. The van der Waals surface area contributed by atoms with Crippen molar-refractivity contribution < 1.29 is 18.0 Å². The van der Waals surface area contributed by atoms with Crippen molar-refractivity contribution >= 4 is 28.6 Å². The van der Waals surface area contributed by atoms with Crippen molar-refractivity contribution in [2.45, 2.75) is 50.9 Å². The minimum absolute atomic E-state index is 0.0807. The van der Waals surface area contributed by atoms with Gasteiger partial charge in [-0.15, -0.1) is 11.8 Å². The summed E-state index contributed by atoms with van der Waals surface area (Å²) in [4.78, 5) is 30.7. The zero-order valence-electron chi connectivity index (χ0n) is 21.8. The molecular formula is C27H33F3N4O2S. The maximum absolute atomic E-state index is 13.4. The normalized spacial score (nSPS) is 12.8. The third-order valence-electron chi connectivity index (χ3n) is 6.50. The van der Waals surface area contributed by atoms with Crippen molar-refractivity contribution in [3.63, 3.8) is 0 Å². The summed E-state index contributed by atoms with van der Waals surface area (Å²) in [5.74, 6) is -0.304. The van der Waals surface area contributed by atoms with Crippen LogP contribution in [0.5, 0.6) is 0 Å². The lowest BCUT2D eigenvalue weighted by atomic mass is 10.1. The highest BCUT2D eigenvalue weighted by molar-refractivity contribution is 7.98. The average Bonchev–Trinajstić information content (AvgIpc) is 3.11. The van der Waals surface area contributed by atoms with E-state index in [1.807, 2.05) is 61.9 Å². The Bertz CT molecular complexity index is 1360. The second kappa shape index (κ2) is 11.6. The van der Waals surface area contributed by atoms with Gasteiger partial charge < -0.3 is 14.9 Å². The van der Waals surface area contributed by atoms with Gasteiger partial charge in [0.2, 0.25) is 0 Å². The SMILES string of the molecule is C=C(CCN(C)CC(F)(F)F)[C@@H](C)n1c(C)c(C(=O)NCc2c(SC)cc(C)[nH]c2=O)c2ccccc21. The fourth-order valence-corrected chi connectivity index (χ4v) is 5.29. The average molecular weight is 535 g/mol. The molecule has 1 aromatic carbocycles. The van der Waals surface area contributed by atoms with Gasteiger partial charge in [0, 0.05) is 45.8 Å². The molecule has 1 amide bonds. The third-order valence-corrected chi connectivity index (χ3v) is 7.30. The van der Waals surface area contributed by atoms with Gasteiger partial charge in [-0.1, -0.05) is 30.4 Å². The maximum Gasteiger partial charge on any atom is 0.401 e. The number of aromatic nitrogens is 2. The van der Waals surface area contributed by atoms with Crippen LogP contribution < -0.4 is 10.9 Å². The Morgan fingerprint density at radius 2 is 1.95 bits per heavy atom. The molecule has 3 aromatic rings. The van der Waals surface area contributed by atoms with Crippen LogP contribution in [0.2, 0.25) is 0 Å². The van der Waals surface area contributed by atoms with Crippen LogP contribution in [-0.4, -0.2) is 52.9 Å². The van der Waals surface area contributed by atoms with E-state index in [0.717, 1.165) is 32.8 Å². The molecule has 0 bridgehead atoms. The second-order valence-corrected chi connectivity index (χ2v) is 10.1. The maximum atomic E-state index is 13.4. The highest BCUT2D eigenvalue weighted by atomic mass is 32.2. The molecule has 0 aliphatic heterocycles. The van der Waals surface area contributed by atoms with Crippen LogP contribution in [0.3, 0.4) is 0 Å². The number of hydrogen-bond acceptors (Lipinski definition) is 4. The highest BCUT2D eigenvalue weighted by Gasteiger charge is 2.29. The molecule has 0 aliphatic rings. The number of benzene rings is 1. The Morgan fingerprint density at radius 1 is 1.27 bits per heavy atom. The van der Waals surface area contributed by atoms with Gasteiger partial charge in [0.25, 0.3) is 11.5 Å². The topological polar surface area (TPSA) is 70.1 Å². The molecule has 200 valence electrons. The lowest BCUT2D eigenvalue weighted by molar-refractivity contribution is -0.142. The molecule has 0 saturated carbocycles. The van der Waals surface area contributed by atoms with Gasteiger partial charge in [-0.25, -0.2) is 0 Å². The van der Waals surface area contributed by atoms with E-state index in [1.54, 1.807) is 0 Å². The summed E-state index contributed by atoms with van der Waals surface area (Å²) in [6.45, 7) is 9.06. The molecule has 2 N–H and O–H groups in total. The minimum atomic E-state index is -4.25. The van der Waals surface area contributed by atoms with Crippen molar-refractivity contribution in [2.24, 2.45) is 0 Å². The molecular weight excluding hydrogens is 501 g/mol. The van der Waals surface area contributed by atoms with Gasteiger partial charge in [0.05, 0.1) is 18.2 Å². The number of carbonyl (C=O) groups is 1. The number of H-pyrrole nitrogens is 1. The van der Waals surface area contributed by atoms with E-state index in [4.69, 9.17) is 0 Å². The van der Waals surface area contributed by atoms with E-state index >= 15 is 0 Å². The number of pyridine rings is 1. The van der Waals surface area contributed by atoms with E-state index in [2.05, 4.69) is 16.9 Å². The number of nitrogens with one attached hydrogen (secondary N) is 2. The molecule has 0 fully saturated rings. The van der Waals surface area contributed by atoms with Gasteiger partial charge in [-0.05, 0) is 52.6 Å². The first-order chi connectivity index (χ1) is 17.3. The second-order valence-electron chi connectivity index (χ2n) is 9.30. The van der Waals surface area contributed by atoms with Gasteiger partial charge in [0.1, 0.15) is 0 Å². The molecule has 0 saturated heterocycles. The van der Waals surface area contributed by atoms with Crippen LogP contribution in [0, 0.1) is 13.8 Å². The van der Waals surface area contributed by atoms with Crippen molar-refractivity contribution in [1.29, 1.82) is 0 Å². The van der Waals surface area contributed by atoms with Gasteiger partial charge in [-0.3, -0.25) is 14.5 Å². The van der Waals surface area contributed by atoms with Gasteiger partial charge in [-0.2, -0.15) is 13.2 Å². The number of carbonyl (C=O) groups excluding carboxylic acids is 1. The van der Waals surface area contributed by atoms with E-state index in [0.29, 0.717) is 17.5 Å². The largest absolute Gasteiger partial charge is 0.401 e. The molecule has 0 unspecified atom stereocenters. The van der Waals surface area contributed by atoms with E-state index in [1.165, 1.54) is 23.7 Å². The van der Waals surface area contributed by atoms with E-state index in [-0.39, 0.29) is 30.6 Å². The fraction of sp³-hybridized carbons (Fsp3) is 0.407. The Balaban J connectivity index is 1.86. The predicted molar refractivity (Wildman–Crippen MR) is 143 cm³/mol. The van der Waals surface area contributed by atoms with Crippen LogP contribution in [0.1, 0.15) is 46.7 Å². The molecule has 2 aromatic heterocycles. The van der Waals surface area contributed by atoms with E-state index < -0.39 is 12.7 Å². The molecule has 0 radical (unpaired) electrons. The number of aromatic amines is 1. The molecule has 1 atom stereocenters. The Hall–Kier alpha value is -2.98. The number of hydrogen-bond donors (Lipinski definition) is 2. The number of halogens is 3. The van der Waals surface area contributed by atoms with Crippen molar-refractivity contribution in [3.05, 3.63) is 75.4 Å². The monoisotopic (exact) mass is 534 g/mol. The molecule has 0 aliphatic carbocycles. The first-order valence-electron chi connectivity index (χ1n) is 11.9.